The average molecular weight is 487 g/mol. The number of carbonyl (C=O) groups is 1. The summed E-state index contributed by atoms with van der Waals surface area (Å²) in [6.45, 7) is 5.66. The zero-order chi connectivity index (χ0) is 25.6. The van der Waals surface area contributed by atoms with Crippen LogP contribution in [0.2, 0.25) is 0 Å². The van der Waals surface area contributed by atoms with Gasteiger partial charge < -0.3 is 10.3 Å². The molecule has 37 heavy (non-hydrogen) atoms. The number of aromatic amines is 2. The van der Waals surface area contributed by atoms with E-state index >= 15 is 0 Å². The van der Waals surface area contributed by atoms with Crippen LogP contribution in [0, 0.1) is 5.41 Å². The molecule has 0 atom stereocenters. The van der Waals surface area contributed by atoms with Crippen molar-refractivity contribution >= 4 is 33.4 Å². The molecule has 6 rings (SSSR count). The van der Waals surface area contributed by atoms with Crippen LogP contribution in [0.1, 0.15) is 20.8 Å². The minimum Gasteiger partial charge on any atom is -0.353 e. The predicted molar refractivity (Wildman–Crippen MR) is 148 cm³/mol. The Kier molecular flexibility index (Phi) is 5.34. The van der Waals surface area contributed by atoms with Gasteiger partial charge in [0.15, 0.2) is 0 Å². The van der Waals surface area contributed by atoms with Crippen LogP contribution in [0.25, 0.3) is 55.6 Å². The Bertz CT molecular complexity index is 1760. The minimum absolute atomic E-state index is 0.0529. The highest BCUT2D eigenvalue weighted by Gasteiger charge is 2.21. The van der Waals surface area contributed by atoms with Crippen LogP contribution in [0.3, 0.4) is 0 Å². The van der Waals surface area contributed by atoms with Gasteiger partial charge in [0.2, 0.25) is 5.91 Å². The van der Waals surface area contributed by atoms with Crippen molar-refractivity contribution in [3.8, 4) is 33.8 Å². The first kappa shape index (κ1) is 22.7. The zero-order valence-electron chi connectivity index (χ0n) is 20.8. The molecular weight excluding hydrogens is 460 g/mol. The number of fused-ring (bicyclic) bond motifs is 2. The Morgan fingerprint density at radius 2 is 1.76 bits per heavy atom. The lowest BCUT2D eigenvalue weighted by Gasteiger charge is -2.17. The van der Waals surface area contributed by atoms with Crippen molar-refractivity contribution in [1.29, 1.82) is 0 Å². The Balaban J connectivity index is 1.40. The Morgan fingerprint density at radius 3 is 2.57 bits per heavy atom. The summed E-state index contributed by atoms with van der Waals surface area (Å²) >= 11 is 0. The normalized spacial score (nSPS) is 11.8. The van der Waals surface area contributed by atoms with Crippen LogP contribution in [-0.4, -0.2) is 31.1 Å². The van der Waals surface area contributed by atoms with Crippen molar-refractivity contribution in [1.82, 2.24) is 25.1 Å². The molecule has 0 unspecified atom stereocenters. The van der Waals surface area contributed by atoms with E-state index in [4.69, 9.17) is 0 Å². The van der Waals surface area contributed by atoms with Crippen LogP contribution in [0.4, 0.5) is 5.69 Å². The van der Waals surface area contributed by atoms with Gasteiger partial charge >= 0.3 is 0 Å². The molecular formula is C30H26N6O. The van der Waals surface area contributed by atoms with Crippen molar-refractivity contribution < 1.29 is 4.79 Å². The van der Waals surface area contributed by atoms with E-state index in [1.54, 1.807) is 12.4 Å². The zero-order valence-corrected chi connectivity index (χ0v) is 20.8. The van der Waals surface area contributed by atoms with E-state index in [9.17, 15) is 4.79 Å². The van der Waals surface area contributed by atoms with Gasteiger partial charge in [-0.25, -0.2) is 0 Å². The van der Waals surface area contributed by atoms with Crippen LogP contribution in [-0.2, 0) is 4.79 Å². The molecule has 4 aromatic heterocycles. The van der Waals surface area contributed by atoms with Gasteiger partial charge in [-0.05, 0) is 48.0 Å². The Morgan fingerprint density at radius 1 is 0.865 bits per heavy atom. The quantitative estimate of drug-likeness (QED) is 0.255. The third-order valence-corrected chi connectivity index (χ3v) is 6.43. The molecule has 4 heterocycles. The number of pyridine rings is 2. The molecule has 0 saturated heterocycles. The summed E-state index contributed by atoms with van der Waals surface area (Å²) in [7, 11) is 0. The number of amides is 1. The number of rotatable bonds is 4. The average Bonchev–Trinajstić information content (AvgIpc) is 3.52. The maximum Gasteiger partial charge on any atom is 0.229 e. The van der Waals surface area contributed by atoms with E-state index in [0.29, 0.717) is 5.69 Å². The van der Waals surface area contributed by atoms with Crippen molar-refractivity contribution in [3.05, 3.63) is 85.3 Å². The second kappa shape index (κ2) is 8.71. The lowest BCUT2D eigenvalue weighted by molar-refractivity contribution is -0.123. The highest BCUT2D eigenvalue weighted by atomic mass is 16.2. The largest absolute Gasteiger partial charge is 0.353 e. The highest BCUT2D eigenvalue weighted by molar-refractivity contribution is 6.01. The molecule has 0 bridgehead atoms. The third-order valence-electron chi connectivity index (χ3n) is 6.43. The number of carbonyl (C=O) groups excluding carboxylic acids is 1. The predicted octanol–water partition coefficient (Wildman–Crippen LogP) is 6.82. The molecule has 0 aliphatic rings. The maximum absolute atomic E-state index is 12.5. The van der Waals surface area contributed by atoms with Gasteiger partial charge in [0, 0.05) is 45.2 Å². The van der Waals surface area contributed by atoms with E-state index in [0.717, 1.165) is 55.6 Å². The summed E-state index contributed by atoms with van der Waals surface area (Å²) in [5, 5.41) is 12.8. The van der Waals surface area contributed by atoms with Crippen molar-refractivity contribution in [3.63, 3.8) is 0 Å². The number of hydrogen-bond donors (Lipinski definition) is 3. The molecule has 182 valence electrons. The van der Waals surface area contributed by atoms with Gasteiger partial charge in [0.25, 0.3) is 0 Å². The first-order valence-electron chi connectivity index (χ1n) is 12.2. The topological polar surface area (TPSA) is 99.3 Å². The minimum atomic E-state index is -0.489. The SMILES string of the molecule is CC(C)(C)C(=O)Nc1cncc(-c2ccc3[nH]nc(-c4cc5c(-c6ccccn6)cccc5[nH]4)c3c2)c1. The number of nitrogens with zero attached hydrogens (tertiary/aromatic N) is 3. The Hall–Kier alpha value is -4.78. The monoisotopic (exact) mass is 486 g/mol. The lowest BCUT2D eigenvalue weighted by Crippen LogP contribution is -2.27. The summed E-state index contributed by atoms with van der Waals surface area (Å²) in [4.78, 5) is 24.9. The molecule has 0 saturated carbocycles. The van der Waals surface area contributed by atoms with Crippen LogP contribution >= 0.6 is 0 Å². The van der Waals surface area contributed by atoms with Gasteiger partial charge in [-0.3, -0.25) is 19.9 Å². The molecule has 1 amide bonds. The number of hydrogen-bond acceptors (Lipinski definition) is 4. The summed E-state index contributed by atoms with van der Waals surface area (Å²) in [5.74, 6) is -0.0529. The number of nitrogens with one attached hydrogen (secondary N) is 3. The van der Waals surface area contributed by atoms with E-state index in [2.05, 4.69) is 54.7 Å². The van der Waals surface area contributed by atoms with Gasteiger partial charge in [0.05, 0.1) is 28.8 Å². The fourth-order valence-electron chi connectivity index (χ4n) is 4.41. The number of anilines is 1. The molecule has 0 aliphatic heterocycles. The van der Waals surface area contributed by atoms with Crippen molar-refractivity contribution in [2.24, 2.45) is 5.41 Å². The molecule has 6 aromatic rings. The van der Waals surface area contributed by atoms with Gasteiger partial charge in [-0.2, -0.15) is 5.10 Å². The van der Waals surface area contributed by atoms with Crippen molar-refractivity contribution in [2.45, 2.75) is 20.8 Å². The Labute approximate surface area is 214 Å². The summed E-state index contributed by atoms with van der Waals surface area (Å²) < 4.78 is 0. The van der Waals surface area contributed by atoms with Gasteiger partial charge in [-0.1, -0.05) is 45.0 Å². The number of H-pyrrole nitrogens is 2. The number of benzene rings is 2. The molecule has 0 fully saturated rings. The van der Waals surface area contributed by atoms with Crippen LogP contribution in [0.15, 0.2) is 85.3 Å². The summed E-state index contributed by atoms with van der Waals surface area (Å²) in [6.07, 6.45) is 5.28. The molecule has 0 spiro atoms. The van der Waals surface area contributed by atoms with Crippen molar-refractivity contribution in [2.75, 3.05) is 5.32 Å². The molecule has 7 heteroatoms. The highest BCUT2D eigenvalue weighted by Crippen LogP contribution is 2.35. The van der Waals surface area contributed by atoms with E-state index < -0.39 is 5.41 Å². The van der Waals surface area contributed by atoms with Crippen LogP contribution < -0.4 is 5.32 Å². The second-order valence-corrected chi connectivity index (χ2v) is 10.2. The fourth-order valence-corrected chi connectivity index (χ4v) is 4.41. The second-order valence-electron chi connectivity index (χ2n) is 10.2. The first-order valence-corrected chi connectivity index (χ1v) is 12.2. The van der Waals surface area contributed by atoms with E-state index in [-0.39, 0.29) is 5.91 Å². The third kappa shape index (κ3) is 4.25. The summed E-state index contributed by atoms with van der Waals surface area (Å²) in [5.41, 5.74) is 7.80. The first-order chi connectivity index (χ1) is 17.9. The molecule has 0 radical (unpaired) electrons. The lowest BCUT2D eigenvalue weighted by atomic mass is 9.95. The molecule has 2 aromatic carbocycles. The smallest absolute Gasteiger partial charge is 0.229 e. The fraction of sp³-hybridized carbons (Fsp3) is 0.133. The van der Waals surface area contributed by atoms with E-state index in [1.165, 1.54) is 0 Å². The van der Waals surface area contributed by atoms with Crippen LogP contribution in [0.5, 0.6) is 0 Å². The summed E-state index contributed by atoms with van der Waals surface area (Å²) in [6, 6.07) is 22.3. The standard InChI is InChI=1S/C30H26N6O/c1-30(2,3)29(37)33-20-13-19(16-31-17-20)18-10-11-26-23(14-18)28(36-35-26)27-15-22-21(7-6-9-25(22)34-27)24-8-4-5-12-32-24/h4-17,34H,1-3H3,(H,33,37)(H,35,36). The molecule has 0 aliphatic carbocycles. The molecule has 3 N–H and O–H groups in total. The maximum atomic E-state index is 12.5. The van der Waals surface area contributed by atoms with E-state index in [1.807, 2.05) is 69.4 Å². The van der Waals surface area contributed by atoms with Gasteiger partial charge in [0.1, 0.15) is 5.69 Å². The number of aromatic nitrogens is 5. The van der Waals surface area contributed by atoms with Gasteiger partial charge in [-0.15, -0.1) is 0 Å². The molecule has 7 nitrogen and oxygen atoms in total.